The molecule has 0 N–H and O–H groups in total. The van der Waals surface area contributed by atoms with Crippen LogP contribution in [0.25, 0.3) is 10.2 Å². The van der Waals surface area contributed by atoms with Crippen molar-refractivity contribution in [2.24, 2.45) is 5.92 Å². The smallest absolute Gasteiger partial charge is 0.243 e. The molecule has 1 amide bonds. The minimum absolute atomic E-state index is 0.00251. The minimum atomic E-state index is -3.54. The number of hydrogen-bond acceptors (Lipinski definition) is 5. The fraction of sp³-hybridized carbons (Fsp3) is 0.364. The summed E-state index contributed by atoms with van der Waals surface area (Å²) in [7, 11) is -1.79. The number of aryl methyl sites for hydroxylation is 2. The highest BCUT2D eigenvalue weighted by molar-refractivity contribution is 7.89. The lowest BCUT2D eigenvalue weighted by atomic mass is 9.97. The molecule has 0 bridgehead atoms. The molecular weight excluding hydrogens is 418 g/mol. The van der Waals surface area contributed by atoms with E-state index < -0.39 is 10.0 Å². The van der Waals surface area contributed by atoms with E-state index in [1.54, 1.807) is 24.1 Å². The van der Waals surface area contributed by atoms with Crippen LogP contribution in [0.1, 0.15) is 24.0 Å². The van der Waals surface area contributed by atoms with Crippen molar-refractivity contribution in [1.29, 1.82) is 0 Å². The number of sulfonamides is 1. The molecule has 0 spiro atoms. The van der Waals surface area contributed by atoms with Gasteiger partial charge in [0.2, 0.25) is 15.9 Å². The molecule has 0 aliphatic carbocycles. The molecule has 158 valence electrons. The summed E-state index contributed by atoms with van der Waals surface area (Å²) in [6, 6.07) is 13.0. The molecule has 2 aromatic carbocycles. The second kappa shape index (κ2) is 8.09. The topological polar surface area (TPSA) is 70.6 Å². The largest absolute Gasteiger partial charge is 0.291 e. The predicted molar refractivity (Wildman–Crippen MR) is 120 cm³/mol. The summed E-state index contributed by atoms with van der Waals surface area (Å²) < 4.78 is 28.6. The van der Waals surface area contributed by atoms with E-state index in [2.05, 4.69) is 4.98 Å². The van der Waals surface area contributed by atoms with Crippen LogP contribution >= 0.6 is 11.3 Å². The predicted octanol–water partition coefficient (Wildman–Crippen LogP) is 3.98. The molecule has 0 unspecified atom stereocenters. The van der Waals surface area contributed by atoms with Crippen molar-refractivity contribution in [3.05, 3.63) is 53.6 Å². The van der Waals surface area contributed by atoms with Gasteiger partial charge in [0.1, 0.15) is 0 Å². The molecule has 0 radical (unpaired) electrons. The van der Waals surface area contributed by atoms with E-state index >= 15 is 0 Å². The van der Waals surface area contributed by atoms with Gasteiger partial charge in [-0.15, -0.1) is 0 Å². The minimum Gasteiger partial charge on any atom is -0.291 e. The van der Waals surface area contributed by atoms with Gasteiger partial charge in [-0.1, -0.05) is 29.5 Å². The third-order valence-corrected chi connectivity index (χ3v) is 8.83. The first-order valence-electron chi connectivity index (χ1n) is 9.98. The lowest BCUT2D eigenvalue weighted by molar-refractivity contribution is -0.123. The van der Waals surface area contributed by atoms with E-state index in [-0.39, 0.29) is 11.8 Å². The molecule has 3 aromatic rings. The fourth-order valence-electron chi connectivity index (χ4n) is 3.74. The Bertz CT molecular complexity index is 1160. The van der Waals surface area contributed by atoms with E-state index in [0.29, 0.717) is 36.0 Å². The molecular formula is C22H25N3O3S2. The normalized spacial score (nSPS) is 16.1. The number of amides is 1. The molecule has 1 fully saturated rings. The van der Waals surface area contributed by atoms with Crippen LogP contribution in [0.5, 0.6) is 0 Å². The van der Waals surface area contributed by atoms with Crippen molar-refractivity contribution in [3.8, 4) is 0 Å². The quantitative estimate of drug-likeness (QED) is 0.612. The zero-order valence-corrected chi connectivity index (χ0v) is 19.0. The van der Waals surface area contributed by atoms with Crippen LogP contribution in [0.4, 0.5) is 5.13 Å². The number of rotatable bonds is 4. The third kappa shape index (κ3) is 3.87. The average molecular weight is 444 g/mol. The Morgan fingerprint density at radius 3 is 2.47 bits per heavy atom. The van der Waals surface area contributed by atoms with Crippen molar-refractivity contribution < 1.29 is 13.2 Å². The van der Waals surface area contributed by atoms with Crippen molar-refractivity contribution in [2.45, 2.75) is 31.6 Å². The maximum atomic E-state index is 13.0. The standard InChI is InChI=1S/C22H25N3O3S2/c1-15-8-9-18(14-16(15)2)30(27,28)25-12-10-17(11-13-25)21(26)24(3)22-23-19-6-4-5-7-20(19)29-22/h4-9,14,17H,10-13H2,1-3H3. The summed E-state index contributed by atoms with van der Waals surface area (Å²) in [5, 5.41) is 0.673. The van der Waals surface area contributed by atoms with Gasteiger partial charge in [0.05, 0.1) is 15.1 Å². The van der Waals surface area contributed by atoms with Crippen LogP contribution in [0.15, 0.2) is 47.4 Å². The van der Waals surface area contributed by atoms with Gasteiger partial charge in [-0.25, -0.2) is 13.4 Å². The molecule has 1 saturated heterocycles. The number of fused-ring (bicyclic) bond motifs is 1. The number of nitrogens with zero attached hydrogens (tertiary/aromatic N) is 3. The Labute approximate surface area is 181 Å². The Morgan fingerprint density at radius 1 is 1.10 bits per heavy atom. The highest BCUT2D eigenvalue weighted by atomic mass is 32.2. The molecule has 0 atom stereocenters. The summed E-state index contributed by atoms with van der Waals surface area (Å²) in [6.45, 7) is 4.57. The van der Waals surface area contributed by atoms with Crippen molar-refractivity contribution >= 4 is 42.6 Å². The Balaban J connectivity index is 1.44. The van der Waals surface area contributed by atoms with E-state index in [0.717, 1.165) is 21.3 Å². The molecule has 1 aliphatic rings. The number of carbonyl (C=O) groups is 1. The summed E-state index contributed by atoms with van der Waals surface area (Å²) in [5.41, 5.74) is 2.90. The number of para-hydroxylation sites is 1. The number of piperidine rings is 1. The summed E-state index contributed by atoms with van der Waals surface area (Å²) in [5.74, 6) is -0.203. The lowest BCUT2D eigenvalue weighted by Crippen LogP contribution is -2.43. The van der Waals surface area contributed by atoms with Crippen LogP contribution < -0.4 is 4.90 Å². The van der Waals surface area contributed by atoms with Gasteiger partial charge < -0.3 is 0 Å². The van der Waals surface area contributed by atoms with Crippen LogP contribution in [0.3, 0.4) is 0 Å². The summed E-state index contributed by atoms with van der Waals surface area (Å²) in [4.78, 5) is 19.5. The van der Waals surface area contributed by atoms with Crippen LogP contribution in [0.2, 0.25) is 0 Å². The molecule has 8 heteroatoms. The van der Waals surface area contributed by atoms with Crippen molar-refractivity contribution in [1.82, 2.24) is 9.29 Å². The summed E-state index contributed by atoms with van der Waals surface area (Å²) >= 11 is 1.49. The van der Waals surface area contributed by atoms with E-state index in [1.807, 2.05) is 44.2 Å². The van der Waals surface area contributed by atoms with Gasteiger partial charge in [0, 0.05) is 26.1 Å². The lowest BCUT2D eigenvalue weighted by Gasteiger charge is -2.32. The number of thiazole rings is 1. The Kier molecular flexibility index (Phi) is 5.65. The van der Waals surface area contributed by atoms with Crippen LogP contribution in [-0.4, -0.2) is 43.8 Å². The third-order valence-electron chi connectivity index (χ3n) is 5.82. The van der Waals surface area contributed by atoms with Gasteiger partial charge in [-0.2, -0.15) is 4.31 Å². The van der Waals surface area contributed by atoms with E-state index in [1.165, 1.54) is 15.6 Å². The van der Waals surface area contributed by atoms with Crippen LogP contribution in [-0.2, 0) is 14.8 Å². The van der Waals surface area contributed by atoms with Gasteiger partial charge in [-0.3, -0.25) is 9.69 Å². The molecule has 30 heavy (non-hydrogen) atoms. The first kappa shape index (κ1) is 21.0. The zero-order chi connectivity index (χ0) is 21.5. The fourth-order valence-corrected chi connectivity index (χ4v) is 6.23. The van der Waals surface area contributed by atoms with Crippen molar-refractivity contribution in [2.75, 3.05) is 25.0 Å². The van der Waals surface area contributed by atoms with Gasteiger partial charge >= 0.3 is 0 Å². The Hall–Kier alpha value is -2.29. The number of anilines is 1. The second-order valence-electron chi connectivity index (χ2n) is 7.79. The van der Waals surface area contributed by atoms with Crippen molar-refractivity contribution in [3.63, 3.8) is 0 Å². The highest BCUT2D eigenvalue weighted by Gasteiger charge is 2.34. The SMILES string of the molecule is Cc1ccc(S(=O)(=O)N2CCC(C(=O)N(C)c3nc4ccccc4s3)CC2)cc1C. The van der Waals surface area contributed by atoms with Gasteiger partial charge in [-0.05, 0) is 62.1 Å². The number of hydrogen-bond donors (Lipinski definition) is 0. The average Bonchev–Trinajstić information content (AvgIpc) is 3.19. The monoisotopic (exact) mass is 443 g/mol. The molecule has 1 aliphatic heterocycles. The van der Waals surface area contributed by atoms with E-state index in [4.69, 9.17) is 0 Å². The molecule has 6 nitrogen and oxygen atoms in total. The second-order valence-corrected chi connectivity index (χ2v) is 10.7. The number of aromatic nitrogens is 1. The molecule has 2 heterocycles. The zero-order valence-electron chi connectivity index (χ0n) is 17.3. The van der Waals surface area contributed by atoms with Crippen LogP contribution in [0, 0.1) is 19.8 Å². The number of benzene rings is 2. The maximum absolute atomic E-state index is 13.0. The van der Waals surface area contributed by atoms with E-state index in [9.17, 15) is 13.2 Å². The Morgan fingerprint density at radius 2 is 1.80 bits per heavy atom. The maximum Gasteiger partial charge on any atom is 0.243 e. The molecule has 4 rings (SSSR count). The first-order chi connectivity index (χ1) is 14.3. The molecule has 1 aromatic heterocycles. The molecule has 0 saturated carbocycles. The first-order valence-corrected chi connectivity index (χ1v) is 12.2. The highest BCUT2D eigenvalue weighted by Crippen LogP contribution is 2.31. The van der Waals surface area contributed by atoms with Gasteiger partial charge in [0.25, 0.3) is 0 Å². The van der Waals surface area contributed by atoms with Gasteiger partial charge in [0.15, 0.2) is 5.13 Å². The number of carbonyl (C=O) groups excluding carboxylic acids is 1. The summed E-state index contributed by atoms with van der Waals surface area (Å²) in [6.07, 6.45) is 1.02.